The Labute approximate surface area is 127 Å². The fourth-order valence-corrected chi connectivity index (χ4v) is 2.18. The van der Waals surface area contributed by atoms with Crippen LogP contribution in [-0.4, -0.2) is 25.4 Å². The van der Waals surface area contributed by atoms with E-state index >= 15 is 0 Å². The average molecular weight is 293 g/mol. The standard InChI is InChI=1S/C16H15N5O/c22-16(14-8-18-11-19-9-14)20-15(10-21-7-6-17-12-21)13-4-2-1-3-5-13/h1-9,11-12,15H,10H2,(H,20,22)/t15-/m1/s1. The van der Waals surface area contributed by atoms with Crippen LogP contribution in [0.1, 0.15) is 22.0 Å². The van der Waals surface area contributed by atoms with Crippen molar-refractivity contribution in [2.45, 2.75) is 12.6 Å². The number of amides is 1. The van der Waals surface area contributed by atoms with Gasteiger partial charge in [-0.25, -0.2) is 15.0 Å². The van der Waals surface area contributed by atoms with Gasteiger partial charge in [0.25, 0.3) is 5.91 Å². The van der Waals surface area contributed by atoms with Gasteiger partial charge in [0.15, 0.2) is 0 Å². The molecule has 3 aromatic rings. The van der Waals surface area contributed by atoms with Crippen molar-refractivity contribution in [3.8, 4) is 0 Å². The molecule has 2 aromatic heterocycles. The summed E-state index contributed by atoms with van der Waals surface area (Å²) in [7, 11) is 0. The van der Waals surface area contributed by atoms with Gasteiger partial charge in [0.2, 0.25) is 0 Å². The molecule has 0 radical (unpaired) electrons. The highest BCUT2D eigenvalue weighted by molar-refractivity contribution is 5.93. The van der Waals surface area contributed by atoms with Gasteiger partial charge < -0.3 is 9.88 Å². The van der Waals surface area contributed by atoms with Gasteiger partial charge in [-0.05, 0) is 5.56 Å². The summed E-state index contributed by atoms with van der Waals surface area (Å²) in [4.78, 5) is 24.1. The molecule has 110 valence electrons. The van der Waals surface area contributed by atoms with Crippen LogP contribution in [-0.2, 0) is 6.54 Å². The zero-order chi connectivity index (χ0) is 15.2. The molecule has 3 rings (SSSR count). The Hall–Kier alpha value is -3.02. The summed E-state index contributed by atoms with van der Waals surface area (Å²) >= 11 is 0. The summed E-state index contributed by atoms with van der Waals surface area (Å²) in [5, 5.41) is 3.02. The molecular formula is C16H15N5O. The first kappa shape index (κ1) is 13.9. The number of benzene rings is 1. The molecular weight excluding hydrogens is 278 g/mol. The number of carbonyl (C=O) groups is 1. The third kappa shape index (κ3) is 3.35. The second kappa shape index (κ2) is 6.62. The van der Waals surface area contributed by atoms with Crippen LogP contribution < -0.4 is 5.32 Å². The zero-order valence-corrected chi connectivity index (χ0v) is 11.8. The number of hydrogen-bond acceptors (Lipinski definition) is 4. The third-order valence-electron chi connectivity index (χ3n) is 3.28. The van der Waals surface area contributed by atoms with Crippen molar-refractivity contribution in [1.82, 2.24) is 24.8 Å². The monoisotopic (exact) mass is 293 g/mol. The van der Waals surface area contributed by atoms with Crippen molar-refractivity contribution < 1.29 is 4.79 Å². The molecule has 0 unspecified atom stereocenters. The summed E-state index contributed by atoms with van der Waals surface area (Å²) in [5.41, 5.74) is 1.47. The second-order valence-electron chi connectivity index (χ2n) is 4.82. The first-order valence-corrected chi connectivity index (χ1v) is 6.89. The maximum atomic E-state index is 12.3. The summed E-state index contributed by atoms with van der Waals surface area (Å²) in [5.74, 6) is -0.199. The van der Waals surface area contributed by atoms with Crippen LogP contribution >= 0.6 is 0 Å². The fourth-order valence-electron chi connectivity index (χ4n) is 2.18. The lowest BCUT2D eigenvalue weighted by atomic mass is 10.1. The summed E-state index contributed by atoms with van der Waals surface area (Å²) in [6.45, 7) is 0.601. The van der Waals surface area contributed by atoms with Crippen LogP contribution in [0.15, 0.2) is 67.8 Å². The number of carbonyl (C=O) groups excluding carboxylic acids is 1. The number of aromatic nitrogens is 4. The number of imidazole rings is 1. The highest BCUT2D eigenvalue weighted by Gasteiger charge is 2.16. The van der Waals surface area contributed by atoms with Gasteiger partial charge in [-0.15, -0.1) is 0 Å². The summed E-state index contributed by atoms with van der Waals surface area (Å²) in [6.07, 6.45) is 9.72. The molecule has 2 heterocycles. The molecule has 0 saturated heterocycles. The summed E-state index contributed by atoms with van der Waals surface area (Å²) < 4.78 is 1.93. The SMILES string of the molecule is O=C(N[C@H](Cn1ccnc1)c1ccccc1)c1cncnc1. The van der Waals surface area contributed by atoms with E-state index in [1.165, 1.54) is 18.7 Å². The molecule has 0 spiro atoms. The van der Waals surface area contributed by atoms with Crippen molar-refractivity contribution in [2.24, 2.45) is 0 Å². The highest BCUT2D eigenvalue weighted by atomic mass is 16.1. The molecule has 1 amide bonds. The molecule has 22 heavy (non-hydrogen) atoms. The lowest BCUT2D eigenvalue weighted by molar-refractivity contribution is 0.0932. The average Bonchev–Trinajstić information content (AvgIpc) is 3.09. The molecule has 0 fully saturated rings. The molecule has 0 bridgehead atoms. The van der Waals surface area contributed by atoms with Gasteiger partial charge in [-0.3, -0.25) is 4.79 Å². The van der Waals surface area contributed by atoms with E-state index < -0.39 is 0 Å². The minimum absolute atomic E-state index is 0.164. The van der Waals surface area contributed by atoms with E-state index in [0.29, 0.717) is 12.1 Å². The molecule has 6 nitrogen and oxygen atoms in total. The predicted octanol–water partition coefficient (Wildman–Crippen LogP) is 1.84. The van der Waals surface area contributed by atoms with Crippen molar-refractivity contribution in [2.75, 3.05) is 0 Å². The van der Waals surface area contributed by atoms with Gasteiger partial charge in [0, 0.05) is 31.3 Å². The molecule has 0 aliphatic heterocycles. The lowest BCUT2D eigenvalue weighted by Gasteiger charge is -2.19. The third-order valence-corrected chi connectivity index (χ3v) is 3.28. The van der Waals surface area contributed by atoms with E-state index in [4.69, 9.17) is 0 Å². The van der Waals surface area contributed by atoms with E-state index in [2.05, 4.69) is 20.3 Å². The number of nitrogens with one attached hydrogen (secondary N) is 1. The van der Waals surface area contributed by atoms with Crippen LogP contribution in [0, 0.1) is 0 Å². The first-order valence-electron chi connectivity index (χ1n) is 6.89. The molecule has 1 aromatic carbocycles. The molecule has 0 aliphatic carbocycles. The van der Waals surface area contributed by atoms with Crippen molar-refractivity contribution in [3.63, 3.8) is 0 Å². The minimum atomic E-state index is -0.199. The van der Waals surface area contributed by atoms with Crippen molar-refractivity contribution in [1.29, 1.82) is 0 Å². The Kier molecular flexibility index (Phi) is 4.20. The quantitative estimate of drug-likeness (QED) is 0.779. The highest BCUT2D eigenvalue weighted by Crippen LogP contribution is 2.15. The van der Waals surface area contributed by atoms with Crippen molar-refractivity contribution in [3.05, 3.63) is 78.9 Å². The number of nitrogens with zero attached hydrogens (tertiary/aromatic N) is 4. The predicted molar refractivity (Wildman–Crippen MR) is 80.9 cm³/mol. The van der Waals surface area contributed by atoms with Crippen LogP contribution in [0.3, 0.4) is 0 Å². The topological polar surface area (TPSA) is 72.7 Å². The van der Waals surface area contributed by atoms with E-state index in [0.717, 1.165) is 5.56 Å². The first-order chi connectivity index (χ1) is 10.8. The van der Waals surface area contributed by atoms with E-state index in [1.54, 1.807) is 12.5 Å². The van der Waals surface area contributed by atoms with Crippen molar-refractivity contribution >= 4 is 5.91 Å². The molecule has 1 atom stereocenters. The van der Waals surface area contributed by atoms with Crippen LogP contribution in [0.5, 0.6) is 0 Å². The van der Waals surface area contributed by atoms with Gasteiger partial charge in [-0.1, -0.05) is 30.3 Å². The van der Waals surface area contributed by atoms with E-state index in [9.17, 15) is 4.79 Å². The Balaban J connectivity index is 1.81. The van der Waals surface area contributed by atoms with Crippen LogP contribution in [0.4, 0.5) is 0 Å². The normalized spacial score (nSPS) is 11.8. The maximum absolute atomic E-state index is 12.3. The Morgan fingerprint density at radius 2 is 1.91 bits per heavy atom. The van der Waals surface area contributed by atoms with Crippen LogP contribution in [0.2, 0.25) is 0 Å². The Morgan fingerprint density at radius 1 is 1.14 bits per heavy atom. The fraction of sp³-hybridized carbons (Fsp3) is 0.125. The number of hydrogen-bond donors (Lipinski definition) is 1. The van der Waals surface area contributed by atoms with Gasteiger partial charge in [-0.2, -0.15) is 0 Å². The second-order valence-corrected chi connectivity index (χ2v) is 4.82. The molecule has 1 N–H and O–H groups in total. The molecule has 0 saturated carbocycles. The largest absolute Gasteiger partial charge is 0.343 e. The van der Waals surface area contributed by atoms with Crippen LogP contribution in [0.25, 0.3) is 0 Å². The smallest absolute Gasteiger partial charge is 0.254 e. The molecule has 6 heteroatoms. The summed E-state index contributed by atoms with van der Waals surface area (Å²) in [6, 6.07) is 9.67. The van der Waals surface area contributed by atoms with Gasteiger partial charge in [0.05, 0.1) is 17.9 Å². The Bertz CT molecular complexity index is 713. The van der Waals surface area contributed by atoms with E-state index in [-0.39, 0.29) is 11.9 Å². The van der Waals surface area contributed by atoms with Gasteiger partial charge >= 0.3 is 0 Å². The maximum Gasteiger partial charge on any atom is 0.254 e. The molecule has 0 aliphatic rings. The number of rotatable bonds is 5. The van der Waals surface area contributed by atoms with Gasteiger partial charge in [0.1, 0.15) is 6.33 Å². The minimum Gasteiger partial charge on any atom is -0.343 e. The Morgan fingerprint density at radius 3 is 2.59 bits per heavy atom. The zero-order valence-electron chi connectivity index (χ0n) is 11.8. The van der Waals surface area contributed by atoms with E-state index in [1.807, 2.05) is 41.1 Å². The lowest BCUT2D eigenvalue weighted by Crippen LogP contribution is -2.31.